The summed E-state index contributed by atoms with van der Waals surface area (Å²) in [7, 11) is 1.84. The Bertz CT molecular complexity index is 1340. The lowest BCUT2D eigenvalue weighted by Gasteiger charge is -2.44. The van der Waals surface area contributed by atoms with Crippen LogP contribution in [-0.2, 0) is 4.79 Å². The van der Waals surface area contributed by atoms with E-state index in [1.165, 1.54) is 77.7 Å². The number of anilines is 4. The number of fused-ring (bicyclic) bond motifs is 1. The molecule has 1 aromatic carbocycles. The molecule has 5 aliphatic rings. The molecule has 2 N–H and O–H groups in total. The van der Waals surface area contributed by atoms with E-state index in [0.717, 1.165) is 54.6 Å². The second-order valence-corrected chi connectivity index (χ2v) is 14.3. The number of aromatic nitrogens is 1. The minimum absolute atomic E-state index is 0.00964. The van der Waals surface area contributed by atoms with Crippen LogP contribution in [0.3, 0.4) is 0 Å². The number of nitrogens with zero attached hydrogens (tertiary/aromatic N) is 5. The summed E-state index contributed by atoms with van der Waals surface area (Å²) in [5.74, 6) is 2.73. The number of carbonyl (C=O) groups excluding carboxylic acids is 2. The van der Waals surface area contributed by atoms with Crippen LogP contribution < -0.4 is 20.4 Å². The standard InChI is InChI=1S/C36H51N7O2/c1-25-36(45)40(2)32-18-19-33(39-34(32)43(25)31-6-4-3-5-7-31)37-28-12-10-27(11-13-28)35(44)38-29-14-16-30(17-15-29)42-22-20-41(21-23-42)24-26-8-9-26/h10-13,18-19,25-26,29-31H,3-9,14-17,20-24H2,1-2H3,(H,37,39)(H,38,44)/t25-,29-,30-/m1/s1. The summed E-state index contributed by atoms with van der Waals surface area (Å²) < 4.78 is 0. The summed E-state index contributed by atoms with van der Waals surface area (Å²) in [6, 6.07) is 12.7. The first-order valence-electron chi connectivity index (χ1n) is 17.6. The number of piperazine rings is 1. The Hall–Kier alpha value is -3.17. The number of pyridine rings is 1. The molecule has 242 valence electrons. The highest BCUT2D eigenvalue weighted by molar-refractivity contribution is 6.04. The zero-order valence-corrected chi connectivity index (χ0v) is 27.2. The first-order valence-corrected chi connectivity index (χ1v) is 17.6. The van der Waals surface area contributed by atoms with Gasteiger partial charge in [-0.1, -0.05) is 19.3 Å². The smallest absolute Gasteiger partial charge is 0.251 e. The van der Waals surface area contributed by atoms with Crippen molar-refractivity contribution >= 4 is 34.8 Å². The molecule has 0 spiro atoms. The average molecular weight is 614 g/mol. The molecule has 9 heteroatoms. The maximum atomic E-state index is 13.1. The van der Waals surface area contributed by atoms with Crippen LogP contribution in [0.2, 0.25) is 0 Å². The van der Waals surface area contributed by atoms with E-state index in [9.17, 15) is 9.59 Å². The fourth-order valence-electron chi connectivity index (χ4n) is 8.20. The first kappa shape index (κ1) is 30.5. The van der Waals surface area contributed by atoms with Gasteiger partial charge in [0.2, 0.25) is 5.91 Å². The number of likely N-dealkylation sites (N-methyl/N-ethyl adjacent to an activating group) is 1. The SMILES string of the molecule is C[C@@H]1C(=O)N(C)c2ccc(Nc3ccc(C(=O)N[C@H]4CC[C@H](N5CCN(CC6CC6)CC5)CC4)cc3)nc2N1C1CCCCC1. The second-order valence-electron chi connectivity index (χ2n) is 14.3. The van der Waals surface area contributed by atoms with Crippen LogP contribution in [0.4, 0.5) is 23.0 Å². The fraction of sp³-hybridized carbons (Fsp3) is 0.639. The van der Waals surface area contributed by atoms with Gasteiger partial charge in [-0.05, 0) is 101 Å². The van der Waals surface area contributed by atoms with Gasteiger partial charge in [-0.3, -0.25) is 14.5 Å². The number of nitrogens with one attached hydrogen (secondary N) is 2. The maximum absolute atomic E-state index is 13.1. The third-order valence-electron chi connectivity index (χ3n) is 11.1. The van der Waals surface area contributed by atoms with E-state index in [4.69, 9.17) is 4.98 Å². The topological polar surface area (TPSA) is 84.0 Å². The number of amides is 2. The van der Waals surface area contributed by atoms with Gasteiger partial charge in [0.25, 0.3) is 5.91 Å². The molecule has 2 amide bonds. The molecular formula is C36H51N7O2. The Balaban J connectivity index is 0.924. The molecule has 4 fully saturated rings. The minimum Gasteiger partial charge on any atom is -0.349 e. The third-order valence-corrected chi connectivity index (χ3v) is 11.1. The molecule has 3 aliphatic carbocycles. The van der Waals surface area contributed by atoms with E-state index in [1.54, 1.807) is 4.90 Å². The Kier molecular flexibility index (Phi) is 9.00. The van der Waals surface area contributed by atoms with E-state index in [0.29, 0.717) is 17.6 Å². The van der Waals surface area contributed by atoms with Crippen molar-refractivity contribution < 1.29 is 9.59 Å². The van der Waals surface area contributed by atoms with Crippen LogP contribution in [0.15, 0.2) is 36.4 Å². The van der Waals surface area contributed by atoms with Gasteiger partial charge in [0.15, 0.2) is 5.82 Å². The average Bonchev–Trinajstić information content (AvgIpc) is 3.89. The zero-order valence-electron chi connectivity index (χ0n) is 27.2. The van der Waals surface area contributed by atoms with Crippen LogP contribution in [-0.4, -0.2) is 90.5 Å². The normalized spacial score (nSPS) is 26.9. The third kappa shape index (κ3) is 6.85. The van der Waals surface area contributed by atoms with Crippen molar-refractivity contribution in [3.8, 4) is 0 Å². The van der Waals surface area contributed by atoms with E-state index in [2.05, 4.69) is 25.3 Å². The Morgan fingerprint density at radius 2 is 1.56 bits per heavy atom. The summed E-state index contributed by atoms with van der Waals surface area (Å²) in [4.78, 5) is 40.6. The van der Waals surface area contributed by atoms with Crippen LogP contribution in [0.1, 0.15) is 87.9 Å². The van der Waals surface area contributed by atoms with Gasteiger partial charge >= 0.3 is 0 Å². The molecular weight excluding hydrogens is 562 g/mol. The molecule has 1 aromatic heterocycles. The lowest BCUT2D eigenvalue weighted by Crippen LogP contribution is -2.55. The monoisotopic (exact) mass is 613 g/mol. The summed E-state index contributed by atoms with van der Waals surface area (Å²) in [5, 5.41) is 6.75. The number of rotatable bonds is 8. The summed E-state index contributed by atoms with van der Waals surface area (Å²) in [6.07, 6.45) is 13.2. The highest BCUT2D eigenvalue weighted by atomic mass is 16.2. The number of hydrogen-bond acceptors (Lipinski definition) is 7. The van der Waals surface area contributed by atoms with Crippen molar-refractivity contribution in [1.82, 2.24) is 20.1 Å². The van der Waals surface area contributed by atoms with Gasteiger partial charge in [-0.2, -0.15) is 0 Å². The van der Waals surface area contributed by atoms with Gasteiger partial charge in [0, 0.05) is 69.1 Å². The fourth-order valence-corrected chi connectivity index (χ4v) is 8.20. The lowest BCUT2D eigenvalue weighted by atomic mass is 9.89. The lowest BCUT2D eigenvalue weighted by molar-refractivity contribution is -0.119. The Labute approximate surface area is 268 Å². The van der Waals surface area contributed by atoms with Crippen molar-refractivity contribution in [3.05, 3.63) is 42.0 Å². The number of carbonyl (C=O) groups is 2. The number of hydrogen-bond donors (Lipinski definition) is 2. The van der Waals surface area contributed by atoms with Crippen molar-refractivity contribution in [3.63, 3.8) is 0 Å². The van der Waals surface area contributed by atoms with Gasteiger partial charge in [-0.15, -0.1) is 0 Å². The van der Waals surface area contributed by atoms with Gasteiger partial charge in [0.1, 0.15) is 11.9 Å². The predicted molar refractivity (Wildman–Crippen MR) is 180 cm³/mol. The van der Waals surface area contributed by atoms with E-state index in [1.807, 2.05) is 50.4 Å². The molecule has 3 saturated carbocycles. The molecule has 2 aromatic rings. The summed E-state index contributed by atoms with van der Waals surface area (Å²) in [6.45, 7) is 8.15. The molecule has 0 unspecified atom stereocenters. The maximum Gasteiger partial charge on any atom is 0.251 e. The quantitative estimate of drug-likeness (QED) is 0.413. The van der Waals surface area contributed by atoms with Crippen molar-refractivity contribution in [1.29, 1.82) is 0 Å². The molecule has 1 atom stereocenters. The van der Waals surface area contributed by atoms with E-state index < -0.39 is 0 Å². The van der Waals surface area contributed by atoms with Gasteiger partial charge in [0.05, 0.1) is 5.69 Å². The summed E-state index contributed by atoms with van der Waals surface area (Å²) >= 11 is 0. The van der Waals surface area contributed by atoms with Gasteiger partial charge in [-0.25, -0.2) is 4.98 Å². The van der Waals surface area contributed by atoms with Crippen LogP contribution >= 0.6 is 0 Å². The van der Waals surface area contributed by atoms with E-state index in [-0.39, 0.29) is 23.9 Å². The molecule has 45 heavy (non-hydrogen) atoms. The van der Waals surface area contributed by atoms with E-state index >= 15 is 0 Å². The second kappa shape index (κ2) is 13.3. The Morgan fingerprint density at radius 1 is 0.844 bits per heavy atom. The van der Waals surface area contributed by atoms with Crippen molar-refractivity contribution in [2.24, 2.45) is 5.92 Å². The molecule has 0 bridgehead atoms. The van der Waals surface area contributed by atoms with Crippen LogP contribution in [0, 0.1) is 5.92 Å². The molecule has 3 heterocycles. The minimum atomic E-state index is -0.228. The zero-order chi connectivity index (χ0) is 30.9. The predicted octanol–water partition coefficient (Wildman–Crippen LogP) is 5.40. The molecule has 1 saturated heterocycles. The van der Waals surface area contributed by atoms with Crippen molar-refractivity contribution in [2.45, 2.75) is 102 Å². The molecule has 0 radical (unpaired) electrons. The van der Waals surface area contributed by atoms with Crippen molar-refractivity contribution in [2.75, 3.05) is 54.9 Å². The van der Waals surface area contributed by atoms with Crippen LogP contribution in [0.5, 0.6) is 0 Å². The highest BCUT2D eigenvalue weighted by Gasteiger charge is 2.39. The number of benzene rings is 1. The highest BCUT2D eigenvalue weighted by Crippen LogP contribution is 2.39. The largest absolute Gasteiger partial charge is 0.349 e. The Morgan fingerprint density at radius 3 is 2.24 bits per heavy atom. The van der Waals surface area contributed by atoms with Gasteiger partial charge < -0.3 is 25.3 Å². The molecule has 7 rings (SSSR count). The molecule has 2 aliphatic heterocycles. The van der Waals surface area contributed by atoms with Crippen LogP contribution in [0.25, 0.3) is 0 Å². The first-order chi connectivity index (χ1) is 21.9. The molecule has 9 nitrogen and oxygen atoms in total. The summed E-state index contributed by atoms with van der Waals surface area (Å²) in [5.41, 5.74) is 2.43.